The normalized spacial score (nSPS) is 9.21. The van der Waals surface area contributed by atoms with Crippen LogP contribution in [0.15, 0.2) is 31.0 Å². The van der Waals surface area contributed by atoms with Crippen molar-refractivity contribution in [2.45, 2.75) is 6.92 Å². The van der Waals surface area contributed by atoms with Gasteiger partial charge in [0.1, 0.15) is 0 Å². The van der Waals surface area contributed by atoms with Crippen LogP contribution in [0.2, 0.25) is 0 Å². The third-order valence-electron chi connectivity index (χ3n) is 1.58. The van der Waals surface area contributed by atoms with Crippen molar-refractivity contribution in [3.05, 3.63) is 36.7 Å². The number of rotatable bonds is 3. The van der Waals surface area contributed by atoms with Crippen molar-refractivity contribution in [3.63, 3.8) is 0 Å². The van der Waals surface area contributed by atoms with Crippen LogP contribution in [0, 0.1) is 6.92 Å². The Morgan fingerprint density at radius 1 is 1.64 bits per heavy atom. The van der Waals surface area contributed by atoms with Crippen LogP contribution < -0.4 is 10.6 Å². The summed E-state index contributed by atoms with van der Waals surface area (Å²) in [6, 6.07) is 3.86. The van der Waals surface area contributed by atoms with Gasteiger partial charge >= 0.3 is 0 Å². The lowest BCUT2D eigenvalue weighted by Crippen LogP contribution is -2.28. The molecule has 0 saturated carbocycles. The van der Waals surface area contributed by atoms with E-state index in [1.807, 2.05) is 19.1 Å². The van der Waals surface area contributed by atoms with Crippen molar-refractivity contribution in [1.29, 1.82) is 0 Å². The molecule has 0 aliphatic heterocycles. The summed E-state index contributed by atoms with van der Waals surface area (Å²) in [5.74, 6) is 0. The number of thiocarbonyl (C=S) groups is 1. The van der Waals surface area contributed by atoms with E-state index < -0.39 is 0 Å². The molecule has 4 heteroatoms. The molecule has 3 nitrogen and oxygen atoms in total. The lowest BCUT2D eigenvalue weighted by Gasteiger charge is -2.08. The maximum absolute atomic E-state index is 5.04. The quantitative estimate of drug-likeness (QED) is 0.586. The molecule has 0 saturated heterocycles. The van der Waals surface area contributed by atoms with E-state index in [2.05, 4.69) is 22.2 Å². The maximum atomic E-state index is 5.04. The van der Waals surface area contributed by atoms with E-state index in [4.69, 9.17) is 12.2 Å². The van der Waals surface area contributed by atoms with Gasteiger partial charge in [-0.2, -0.15) is 0 Å². The summed E-state index contributed by atoms with van der Waals surface area (Å²) >= 11 is 5.04. The van der Waals surface area contributed by atoms with Crippen LogP contribution in [0.1, 0.15) is 5.69 Å². The molecular weight excluding hydrogens is 194 g/mol. The minimum absolute atomic E-state index is 0.579. The fourth-order valence-corrected chi connectivity index (χ4v) is 1.08. The summed E-state index contributed by atoms with van der Waals surface area (Å²) < 4.78 is 0. The molecule has 0 aliphatic rings. The van der Waals surface area contributed by atoms with E-state index in [0.29, 0.717) is 11.7 Å². The summed E-state index contributed by atoms with van der Waals surface area (Å²) in [7, 11) is 0. The number of pyridine rings is 1. The third kappa shape index (κ3) is 3.53. The van der Waals surface area contributed by atoms with Crippen molar-refractivity contribution in [2.75, 3.05) is 11.9 Å². The molecule has 1 rings (SSSR count). The molecule has 0 unspecified atom stereocenters. The van der Waals surface area contributed by atoms with Gasteiger partial charge in [0.2, 0.25) is 0 Å². The fraction of sp³-hybridized carbons (Fsp3) is 0.200. The summed E-state index contributed by atoms with van der Waals surface area (Å²) in [4.78, 5) is 4.14. The van der Waals surface area contributed by atoms with Crippen molar-refractivity contribution < 1.29 is 0 Å². The Kier molecular flexibility index (Phi) is 4.07. The Balaban J connectivity index is 2.47. The number of hydrogen-bond donors (Lipinski definition) is 2. The van der Waals surface area contributed by atoms with Crippen LogP contribution in [-0.2, 0) is 0 Å². The van der Waals surface area contributed by atoms with E-state index >= 15 is 0 Å². The number of aromatic nitrogens is 1. The minimum Gasteiger partial charge on any atom is -0.359 e. The van der Waals surface area contributed by atoms with E-state index in [0.717, 1.165) is 11.4 Å². The van der Waals surface area contributed by atoms with Crippen molar-refractivity contribution in [1.82, 2.24) is 10.3 Å². The van der Waals surface area contributed by atoms with Gasteiger partial charge in [-0.15, -0.1) is 6.58 Å². The van der Waals surface area contributed by atoms with Gasteiger partial charge in [-0.25, -0.2) is 0 Å². The highest BCUT2D eigenvalue weighted by molar-refractivity contribution is 7.80. The Bertz CT molecular complexity index is 319. The van der Waals surface area contributed by atoms with Gasteiger partial charge < -0.3 is 10.6 Å². The smallest absolute Gasteiger partial charge is 0.171 e. The average Bonchev–Trinajstić information content (AvgIpc) is 2.18. The van der Waals surface area contributed by atoms with Crippen LogP contribution >= 0.6 is 12.2 Å². The number of anilines is 1. The second kappa shape index (κ2) is 5.34. The van der Waals surface area contributed by atoms with Crippen molar-refractivity contribution in [3.8, 4) is 0 Å². The molecule has 74 valence electrons. The van der Waals surface area contributed by atoms with Crippen LogP contribution in [0.3, 0.4) is 0 Å². The van der Waals surface area contributed by atoms with Gasteiger partial charge in [-0.05, 0) is 31.3 Å². The van der Waals surface area contributed by atoms with E-state index in [9.17, 15) is 0 Å². The molecule has 0 bridgehead atoms. The van der Waals surface area contributed by atoms with E-state index in [1.165, 1.54) is 0 Å². The van der Waals surface area contributed by atoms with Crippen LogP contribution in [0.5, 0.6) is 0 Å². The highest BCUT2D eigenvalue weighted by atomic mass is 32.1. The first kappa shape index (κ1) is 10.7. The molecule has 0 radical (unpaired) electrons. The highest BCUT2D eigenvalue weighted by Crippen LogP contribution is 2.04. The summed E-state index contributed by atoms with van der Waals surface area (Å²) in [6.07, 6.45) is 3.50. The topological polar surface area (TPSA) is 37.0 Å². The molecule has 1 aromatic rings. The van der Waals surface area contributed by atoms with Gasteiger partial charge in [-0.1, -0.05) is 6.08 Å². The monoisotopic (exact) mass is 207 g/mol. The van der Waals surface area contributed by atoms with Gasteiger partial charge in [0, 0.05) is 12.2 Å². The molecule has 0 aromatic carbocycles. The molecule has 14 heavy (non-hydrogen) atoms. The minimum atomic E-state index is 0.579. The van der Waals surface area contributed by atoms with Crippen molar-refractivity contribution >= 4 is 23.0 Å². The number of nitrogens with zero attached hydrogens (tertiary/aromatic N) is 1. The standard InChI is InChI=1S/C10H13N3S/c1-3-6-11-10(14)13-9-5-4-8(2)12-7-9/h3-5,7H,1,6H2,2H3,(H2,11,13,14). The van der Waals surface area contributed by atoms with Gasteiger partial charge in [-0.3, -0.25) is 4.98 Å². The SMILES string of the molecule is C=CCNC(=S)Nc1ccc(C)nc1. The summed E-state index contributed by atoms with van der Waals surface area (Å²) in [5.41, 5.74) is 1.87. The maximum Gasteiger partial charge on any atom is 0.171 e. The molecule has 0 amide bonds. The molecule has 1 heterocycles. The van der Waals surface area contributed by atoms with Crippen LogP contribution in [-0.4, -0.2) is 16.6 Å². The van der Waals surface area contributed by atoms with Gasteiger partial charge in [0.15, 0.2) is 5.11 Å². The predicted octanol–water partition coefficient (Wildman–Crippen LogP) is 1.86. The Morgan fingerprint density at radius 2 is 2.43 bits per heavy atom. The first-order valence-electron chi connectivity index (χ1n) is 4.31. The molecule has 0 fully saturated rings. The second-order valence-electron chi connectivity index (χ2n) is 2.81. The first-order valence-corrected chi connectivity index (χ1v) is 4.71. The van der Waals surface area contributed by atoms with E-state index in [-0.39, 0.29) is 0 Å². The average molecular weight is 207 g/mol. The number of hydrogen-bond acceptors (Lipinski definition) is 2. The molecule has 0 atom stereocenters. The summed E-state index contributed by atoms with van der Waals surface area (Å²) in [6.45, 7) is 6.19. The molecule has 0 aliphatic carbocycles. The largest absolute Gasteiger partial charge is 0.359 e. The molecule has 2 N–H and O–H groups in total. The van der Waals surface area contributed by atoms with Crippen LogP contribution in [0.25, 0.3) is 0 Å². The first-order chi connectivity index (χ1) is 6.72. The zero-order chi connectivity index (χ0) is 10.4. The highest BCUT2D eigenvalue weighted by Gasteiger charge is 1.95. The van der Waals surface area contributed by atoms with Crippen LogP contribution in [0.4, 0.5) is 5.69 Å². The van der Waals surface area contributed by atoms with Crippen molar-refractivity contribution in [2.24, 2.45) is 0 Å². The zero-order valence-corrected chi connectivity index (χ0v) is 8.90. The predicted molar refractivity (Wildman–Crippen MR) is 63.4 cm³/mol. The van der Waals surface area contributed by atoms with Gasteiger partial charge in [0.25, 0.3) is 0 Å². The van der Waals surface area contributed by atoms with E-state index in [1.54, 1.807) is 12.3 Å². The third-order valence-corrected chi connectivity index (χ3v) is 1.82. The lowest BCUT2D eigenvalue weighted by atomic mass is 10.3. The second-order valence-corrected chi connectivity index (χ2v) is 3.22. The Morgan fingerprint density at radius 3 is 3.00 bits per heavy atom. The fourth-order valence-electron chi connectivity index (χ4n) is 0.882. The number of aryl methyl sites for hydroxylation is 1. The molecular formula is C10H13N3S. The number of nitrogens with one attached hydrogen (secondary N) is 2. The molecule has 0 spiro atoms. The Labute approximate surface area is 89.2 Å². The lowest BCUT2D eigenvalue weighted by molar-refractivity contribution is 1.06. The Hall–Kier alpha value is -1.42. The van der Waals surface area contributed by atoms with Gasteiger partial charge in [0.05, 0.1) is 11.9 Å². The summed E-state index contributed by atoms with van der Waals surface area (Å²) in [5, 5.41) is 6.56. The molecule has 1 aromatic heterocycles. The zero-order valence-electron chi connectivity index (χ0n) is 8.08.